The van der Waals surface area contributed by atoms with E-state index in [-0.39, 0.29) is 40.8 Å². The van der Waals surface area contributed by atoms with Crippen molar-refractivity contribution < 1.29 is 27.6 Å². The topological polar surface area (TPSA) is 95.5 Å². The maximum Gasteiger partial charge on any atom is 0.252 e. The molecule has 2 aliphatic rings. The highest BCUT2D eigenvalue weighted by atomic mass is 35.5. The van der Waals surface area contributed by atoms with Crippen molar-refractivity contribution in [2.24, 2.45) is 0 Å². The zero-order valence-corrected chi connectivity index (χ0v) is 21.2. The normalized spacial score (nSPS) is 19.3. The van der Waals surface area contributed by atoms with E-state index in [0.29, 0.717) is 0 Å². The molecule has 0 bridgehead atoms. The van der Waals surface area contributed by atoms with Gasteiger partial charge < -0.3 is 5.32 Å². The lowest BCUT2D eigenvalue weighted by Gasteiger charge is -2.39. The van der Waals surface area contributed by atoms with Crippen LogP contribution in [0.2, 0.25) is 5.02 Å². The molecule has 2 atom stereocenters. The molecule has 8 nitrogen and oxygen atoms in total. The van der Waals surface area contributed by atoms with Crippen LogP contribution in [0.25, 0.3) is 0 Å². The molecule has 3 aromatic rings. The van der Waals surface area contributed by atoms with Crippen LogP contribution in [0.3, 0.4) is 0 Å². The van der Waals surface area contributed by atoms with Gasteiger partial charge in [-0.1, -0.05) is 35.9 Å². The first-order valence-electron chi connectivity index (χ1n) is 12.2. The zero-order valence-electron chi connectivity index (χ0n) is 20.4. The Bertz CT molecular complexity index is 1400. The minimum absolute atomic E-state index is 0.0254. The maximum absolute atomic E-state index is 14.4. The second-order valence-corrected chi connectivity index (χ2v) is 9.87. The molecule has 39 heavy (non-hydrogen) atoms. The van der Waals surface area contributed by atoms with Crippen LogP contribution in [0.5, 0.6) is 0 Å². The molecule has 202 valence electrons. The fraction of sp³-hybridized carbons (Fsp3) is 0.296. The minimum Gasteiger partial charge on any atom is -0.351 e. The number of benzene rings is 2. The molecule has 2 fully saturated rings. The van der Waals surface area contributed by atoms with Gasteiger partial charge in [0.05, 0.1) is 6.20 Å². The average molecular weight is 558 g/mol. The third kappa shape index (κ3) is 5.44. The standard InChI is InChI=1S/C27H23ClF3N5O3/c28-20-7-2-1-6-19(20)24(25(38)34-17-13-27(30,31)14-17)35(18-5-3-4-16(29)12-18)26(39)21-8-9-23(37)36(21)22-15-32-10-11-33-22/h1-7,10-12,15,17,21,24H,8-9,13-14H2,(H,34,38)/t21?,24-/m0/s1. The second-order valence-electron chi connectivity index (χ2n) is 9.46. The SMILES string of the molecule is O=C(NC1CC(F)(F)C1)[C@H](c1ccccc1Cl)N(C(=O)C1CCC(=O)N1c1cnccn1)c1cccc(F)c1. The van der Waals surface area contributed by atoms with Crippen molar-refractivity contribution in [1.82, 2.24) is 15.3 Å². The molecule has 0 spiro atoms. The van der Waals surface area contributed by atoms with Crippen LogP contribution in [-0.4, -0.2) is 45.7 Å². The summed E-state index contributed by atoms with van der Waals surface area (Å²) in [4.78, 5) is 51.3. The van der Waals surface area contributed by atoms with Crippen LogP contribution in [-0.2, 0) is 14.4 Å². The largest absolute Gasteiger partial charge is 0.351 e. The predicted molar refractivity (Wildman–Crippen MR) is 137 cm³/mol. The number of carbonyl (C=O) groups excluding carboxylic acids is 3. The molecule has 5 rings (SSSR count). The molecular weight excluding hydrogens is 535 g/mol. The average Bonchev–Trinajstić information content (AvgIpc) is 3.28. The van der Waals surface area contributed by atoms with Crippen molar-refractivity contribution in [1.29, 1.82) is 0 Å². The number of aromatic nitrogens is 2. The Kier molecular flexibility index (Phi) is 7.26. The number of hydrogen-bond donors (Lipinski definition) is 1. The van der Waals surface area contributed by atoms with Crippen molar-refractivity contribution in [2.75, 3.05) is 9.80 Å². The molecule has 2 aromatic carbocycles. The highest BCUT2D eigenvalue weighted by Crippen LogP contribution is 2.39. The van der Waals surface area contributed by atoms with E-state index in [4.69, 9.17) is 11.6 Å². The van der Waals surface area contributed by atoms with Crippen LogP contribution < -0.4 is 15.1 Å². The van der Waals surface area contributed by atoms with Crippen molar-refractivity contribution in [3.8, 4) is 0 Å². The van der Waals surface area contributed by atoms with Gasteiger partial charge in [-0.2, -0.15) is 0 Å². The van der Waals surface area contributed by atoms with E-state index in [1.165, 1.54) is 53.8 Å². The van der Waals surface area contributed by atoms with E-state index >= 15 is 0 Å². The van der Waals surface area contributed by atoms with Gasteiger partial charge in [0, 0.05) is 54.0 Å². The van der Waals surface area contributed by atoms with Crippen LogP contribution in [0.15, 0.2) is 67.1 Å². The third-order valence-corrected chi connectivity index (χ3v) is 7.10. The summed E-state index contributed by atoms with van der Waals surface area (Å²) in [7, 11) is 0. The van der Waals surface area contributed by atoms with Gasteiger partial charge >= 0.3 is 0 Å². The van der Waals surface area contributed by atoms with E-state index in [9.17, 15) is 27.6 Å². The molecule has 3 amide bonds. The van der Waals surface area contributed by atoms with Gasteiger partial charge in [-0.25, -0.2) is 18.2 Å². The summed E-state index contributed by atoms with van der Waals surface area (Å²) in [6.45, 7) is 0. The molecule has 1 saturated heterocycles. The molecule has 12 heteroatoms. The molecule has 1 aromatic heterocycles. The first-order valence-corrected chi connectivity index (χ1v) is 12.6. The number of nitrogens with zero attached hydrogens (tertiary/aromatic N) is 4. The summed E-state index contributed by atoms with van der Waals surface area (Å²) in [5.41, 5.74) is 0.230. The fourth-order valence-electron chi connectivity index (χ4n) is 4.95. The Labute approximate surface area is 226 Å². The monoisotopic (exact) mass is 557 g/mol. The summed E-state index contributed by atoms with van der Waals surface area (Å²) in [6, 6.07) is 8.00. The predicted octanol–water partition coefficient (Wildman–Crippen LogP) is 4.45. The van der Waals surface area contributed by atoms with Crippen LogP contribution in [0.4, 0.5) is 24.7 Å². The van der Waals surface area contributed by atoms with Crippen molar-refractivity contribution in [2.45, 2.75) is 49.7 Å². The third-order valence-electron chi connectivity index (χ3n) is 6.76. The fourth-order valence-corrected chi connectivity index (χ4v) is 5.19. The van der Waals surface area contributed by atoms with Crippen molar-refractivity contribution in [3.63, 3.8) is 0 Å². The van der Waals surface area contributed by atoms with Crippen LogP contribution in [0.1, 0.15) is 37.3 Å². The first kappa shape index (κ1) is 26.6. The van der Waals surface area contributed by atoms with Crippen LogP contribution >= 0.6 is 11.6 Å². The number of halogens is 4. The summed E-state index contributed by atoms with van der Waals surface area (Å²) in [6.07, 6.45) is 3.18. The number of rotatable bonds is 7. The van der Waals surface area contributed by atoms with Crippen molar-refractivity contribution in [3.05, 3.63) is 83.5 Å². The highest BCUT2D eigenvalue weighted by molar-refractivity contribution is 6.31. The van der Waals surface area contributed by atoms with Gasteiger partial charge in [0.15, 0.2) is 5.82 Å². The van der Waals surface area contributed by atoms with E-state index in [1.54, 1.807) is 12.1 Å². The number of carbonyl (C=O) groups is 3. The van der Waals surface area contributed by atoms with E-state index in [1.807, 2.05) is 0 Å². The smallest absolute Gasteiger partial charge is 0.252 e. The number of anilines is 2. The number of amides is 3. The molecule has 2 heterocycles. The lowest BCUT2D eigenvalue weighted by molar-refractivity contribution is -0.133. The van der Waals surface area contributed by atoms with Gasteiger partial charge in [0.2, 0.25) is 11.8 Å². The molecular formula is C27H23ClF3N5O3. The summed E-state index contributed by atoms with van der Waals surface area (Å²) >= 11 is 6.47. The van der Waals surface area contributed by atoms with Gasteiger partial charge in [-0.05, 0) is 30.7 Å². The molecule has 1 aliphatic carbocycles. The minimum atomic E-state index is -2.89. The molecule has 0 radical (unpaired) electrons. The van der Waals surface area contributed by atoms with E-state index < -0.39 is 54.5 Å². The second kappa shape index (κ2) is 10.6. The summed E-state index contributed by atoms with van der Waals surface area (Å²) in [5.74, 6) is -5.25. The molecule has 1 N–H and O–H groups in total. The number of nitrogens with one attached hydrogen (secondary N) is 1. The van der Waals surface area contributed by atoms with Gasteiger partial charge in [-0.3, -0.25) is 29.2 Å². The van der Waals surface area contributed by atoms with Crippen LogP contribution in [0, 0.1) is 5.82 Å². The van der Waals surface area contributed by atoms with E-state index in [2.05, 4.69) is 15.3 Å². The van der Waals surface area contributed by atoms with Crippen molar-refractivity contribution >= 4 is 40.8 Å². The zero-order chi connectivity index (χ0) is 27.7. The Morgan fingerprint density at radius 1 is 1.13 bits per heavy atom. The van der Waals surface area contributed by atoms with Gasteiger partial charge in [-0.15, -0.1) is 0 Å². The Morgan fingerprint density at radius 2 is 1.90 bits per heavy atom. The number of hydrogen-bond acceptors (Lipinski definition) is 5. The summed E-state index contributed by atoms with van der Waals surface area (Å²) < 4.78 is 41.5. The maximum atomic E-state index is 14.4. The molecule has 1 saturated carbocycles. The molecule has 1 unspecified atom stereocenters. The lowest BCUT2D eigenvalue weighted by atomic mass is 9.87. The Balaban J connectivity index is 1.60. The Morgan fingerprint density at radius 3 is 2.56 bits per heavy atom. The lowest BCUT2D eigenvalue weighted by Crippen LogP contribution is -2.56. The molecule has 1 aliphatic heterocycles. The quantitative estimate of drug-likeness (QED) is 0.463. The first-order chi connectivity index (χ1) is 18.6. The number of alkyl halides is 2. The van der Waals surface area contributed by atoms with Gasteiger partial charge in [0.25, 0.3) is 11.8 Å². The van der Waals surface area contributed by atoms with E-state index in [0.717, 1.165) is 11.0 Å². The Hall–Kier alpha value is -3.99. The highest BCUT2D eigenvalue weighted by Gasteiger charge is 2.48. The van der Waals surface area contributed by atoms with Gasteiger partial charge in [0.1, 0.15) is 17.9 Å². The summed E-state index contributed by atoms with van der Waals surface area (Å²) in [5, 5.41) is 2.73.